The minimum Gasteiger partial charge on any atom is -0.505 e. The van der Waals surface area contributed by atoms with Gasteiger partial charge < -0.3 is 19.7 Å². The number of esters is 1. The maximum atomic E-state index is 13.6. The fourth-order valence-electron chi connectivity index (χ4n) is 3.50. The van der Waals surface area contributed by atoms with E-state index in [4.69, 9.17) is 16.3 Å². The smallest absolute Gasteiger partial charge is 0.326 e. The van der Waals surface area contributed by atoms with Crippen molar-refractivity contribution in [2.24, 2.45) is 7.05 Å². The van der Waals surface area contributed by atoms with Crippen molar-refractivity contribution in [1.29, 1.82) is 0 Å². The minimum absolute atomic E-state index is 0.0473. The van der Waals surface area contributed by atoms with Gasteiger partial charge in [0.15, 0.2) is 5.69 Å². The summed E-state index contributed by atoms with van der Waals surface area (Å²) in [6.45, 7) is 3.45. The number of rotatable bonds is 7. The molecule has 0 aliphatic rings. The fraction of sp³-hybridized carbons (Fsp3) is 0.240. The van der Waals surface area contributed by atoms with E-state index in [-0.39, 0.29) is 41.7 Å². The van der Waals surface area contributed by atoms with E-state index in [1.165, 1.54) is 36.0 Å². The van der Waals surface area contributed by atoms with Crippen LogP contribution in [0.4, 0.5) is 20.6 Å². The third kappa shape index (κ3) is 5.81. The van der Waals surface area contributed by atoms with E-state index in [9.17, 15) is 23.9 Å². The number of amides is 2. The molecule has 184 valence electrons. The van der Waals surface area contributed by atoms with E-state index in [1.54, 1.807) is 38.1 Å². The number of aromatic hydroxyl groups is 1. The summed E-state index contributed by atoms with van der Waals surface area (Å²) in [5.74, 6) is -1.41. The third-order valence-electron chi connectivity index (χ3n) is 5.20. The number of anilines is 2. The minimum atomic E-state index is -0.735. The lowest BCUT2D eigenvalue weighted by atomic mass is 10.0. The van der Waals surface area contributed by atoms with E-state index >= 15 is 0 Å². The molecule has 0 aliphatic heterocycles. The highest BCUT2D eigenvalue weighted by Crippen LogP contribution is 2.35. The Morgan fingerprint density at radius 2 is 1.91 bits per heavy atom. The number of benzene rings is 2. The Hall–Kier alpha value is -3.85. The predicted molar refractivity (Wildman–Crippen MR) is 132 cm³/mol. The summed E-state index contributed by atoms with van der Waals surface area (Å²) in [6.07, 6.45) is 1.38. The van der Waals surface area contributed by atoms with Gasteiger partial charge in [0, 0.05) is 25.4 Å². The lowest BCUT2D eigenvalue weighted by molar-refractivity contribution is -0.142. The van der Waals surface area contributed by atoms with Crippen LogP contribution in [0, 0.1) is 12.7 Å². The Morgan fingerprint density at radius 1 is 1.20 bits per heavy atom. The molecule has 10 heteroatoms. The Kier molecular flexibility index (Phi) is 8.14. The van der Waals surface area contributed by atoms with Crippen molar-refractivity contribution in [3.8, 4) is 16.9 Å². The van der Waals surface area contributed by atoms with Gasteiger partial charge in [-0.3, -0.25) is 14.5 Å². The molecular weight excluding hydrogens is 477 g/mol. The number of nitrogens with zero attached hydrogens (tertiary/aromatic N) is 2. The van der Waals surface area contributed by atoms with Crippen molar-refractivity contribution >= 4 is 35.0 Å². The van der Waals surface area contributed by atoms with Crippen molar-refractivity contribution in [2.75, 3.05) is 18.1 Å². The molecule has 0 atom stereocenters. The number of carbonyl (C=O) groups is 2. The van der Waals surface area contributed by atoms with Gasteiger partial charge in [-0.15, -0.1) is 0 Å². The zero-order chi connectivity index (χ0) is 25.7. The van der Waals surface area contributed by atoms with Crippen LogP contribution in [0.1, 0.15) is 18.9 Å². The molecule has 2 N–H and O–H groups in total. The van der Waals surface area contributed by atoms with Crippen molar-refractivity contribution < 1.29 is 23.8 Å². The molecule has 0 spiro atoms. The van der Waals surface area contributed by atoms with Crippen LogP contribution >= 0.6 is 11.6 Å². The van der Waals surface area contributed by atoms with Crippen LogP contribution in [-0.2, 0) is 16.6 Å². The monoisotopic (exact) mass is 501 g/mol. The number of hydrogen-bond donors (Lipinski definition) is 2. The summed E-state index contributed by atoms with van der Waals surface area (Å²) in [5, 5.41) is 13.3. The van der Waals surface area contributed by atoms with Crippen LogP contribution in [0.3, 0.4) is 0 Å². The number of ether oxygens (including phenoxy) is 1. The van der Waals surface area contributed by atoms with Crippen LogP contribution in [0.2, 0.25) is 5.02 Å². The molecular formula is C25H25ClFN3O5. The van der Waals surface area contributed by atoms with Crippen LogP contribution in [0.25, 0.3) is 11.1 Å². The van der Waals surface area contributed by atoms with Crippen molar-refractivity contribution in [1.82, 2.24) is 9.88 Å². The molecule has 0 fully saturated rings. The zero-order valence-electron chi connectivity index (χ0n) is 19.5. The number of halogens is 2. The second-order valence-corrected chi connectivity index (χ2v) is 8.13. The first-order valence-corrected chi connectivity index (χ1v) is 11.2. The molecule has 1 heterocycles. The standard InChI is InChI=1S/C25H25ClFN3O5/c1-4-35-21(31)10-11-28-25(34)30(22-23(32)15(2)14-29(3)24(22)33)18-7-5-6-16(12-18)17-8-9-20(27)19(26)13-17/h5-9,12-14,32H,4,10-11H2,1-3H3,(H,28,34). The molecule has 3 aromatic rings. The van der Waals surface area contributed by atoms with Gasteiger partial charge in [0.1, 0.15) is 11.6 Å². The predicted octanol–water partition coefficient (Wildman–Crippen LogP) is 4.66. The maximum absolute atomic E-state index is 13.6. The fourth-order valence-corrected chi connectivity index (χ4v) is 3.68. The zero-order valence-corrected chi connectivity index (χ0v) is 20.2. The number of aromatic nitrogens is 1. The lowest BCUT2D eigenvalue weighted by Gasteiger charge is -2.25. The number of pyridine rings is 1. The van der Waals surface area contributed by atoms with Gasteiger partial charge in [0.05, 0.1) is 23.7 Å². The van der Waals surface area contributed by atoms with E-state index in [0.29, 0.717) is 16.7 Å². The summed E-state index contributed by atoms with van der Waals surface area (Å²) in [5.41, 5.74) is 0.960. The molecule has 1 aromatic heterocycles. The normalized spacial score (nSPS) is 10.7. The molecule has 8 nitrogen and oxygen atoms in total. The van der Waals surface area contributed by atoms with Gasteiger partial charge >= 0.3 is 12.0 Å². The summed E-state index contributed by atoms with van der Waals surface area (Å²) in [7, 11) is 1.51. The lowest BCUT2D eigenvalue weighted by Crippen LogP contribution is -2.41. The molecule has 0 saturated carbocycles. The van der Waals surface area contributed by atoms with E-state index < -0.39 is 23.4 Å². The maximum Gasteiger partial charge on any atom is 0.326 e. The van der Waals surface area contributed by atoms with Gasteiger partial charge in [0.25, 0.3) is 5.56 Å². The van der Waals surface area contributed by atoms with Gasteiger partial charge in [-0.2, -0.15) is 0 Å². The summed E-state index contributed by atoms with van der Waals surface area (Å²) >= 11 is 5.93. The average molecular weight is 502 g/mol. The van der Waals surface area contributed by atoms with Crippen molar-refractivity contribution in [2.45, 2.75) is 20.3 Å². The van der Waals surface area contributed by atoms with Crippen molar-refractivity contribution in [3.63, 3.8) is 0 Å². The average Bonchev–Trinajstić information content (AvgIpc) is 2.82. The summed E-state index contributed by atoms with van der Waals surface area (Å²) < 4.78 is 19.8. The Balaban J connectivity index is 2.08. The summed E-state index contributed by atoms with van der Waals surface area (Å²) in [4.78, 5) is 39.0. The number of carbonyl (C=O) groups excluding carboxylic acids is 2. The largest absolute Gasteiger partial charge is 0.505 e. The quantitative estimate of drug-likeness (QED) is 0.458. The number of hydrogen-bond acceptors (Lipinski definition) is 5. The highest BCUT2D eigenvalue weighted by atomic mass is 35.5. The van der Waals surface area contributed by atoms with E-state index in [2.05, 4.69) is 5.32 Å². The Bertz CT molecular complexity index is 1320. The molecule has 3 rings (SSSR count). The first-order valence-electron chi connectivity index (χ1n) is 10.8. The van der Waals surface area contributed by atoms with Gasteiger partial charge in [0.2, 0.25) is 0 Å². The SMILES string of the molecule is CCOC(=O)CCNC(=O)N(c1cccc(-c2ccc(F)c(Cl)c2)c1)c1c(O)c(C)cn(C)c1=O. The van der Waals surface area contributed by atoms with Gasteiger partial charge in [-0.25, -0.2) is 9.18 Å². The van der Waals surface area contributed by atoms with Crippen LogP contribution in [0.5, 0.6) is 5.75 Å². The van der Waals surface area contributed by atoms with Crippen molar-refractivity contribution in [3.05, 3.63) is 75.4 Å². The Morgan fingerprint density at radius 3 is 2.60 bits per heavy atom. The van der Waals surface area contributed by atoms with E-state index in [1.807, 2.05) is 0 Å². The number of urea groups is 1. The molecule has 0 aliphatic carbocycles. The molecule has 0 saturated heterocycles. The second-order valence-electron chi connectivity index (χ2n) is 7.73. The molecule has 35 heavy (non-hydrogen) atoms. The molecule has 0 unspecified atom stereocenters. The van der Waals surface area contributed by atoms with Gasteiger partial charge in [-0.1, -0.05) is 29.8 Å². The molecule has 0 bridgehead atoms. The first-order chi connectivity index (χ1) is 16.6. The van der Waals surface area contributed by atoms with Crippen LogP contribution in [-0.4, -0.2) is 34.8 Å². The molecule has 0 radical (unpaired) electrons. The van der Waals surface area contributed by atoms with Crippen LogP contribution < -0.4 is 15.8 Å². The van der Waals surface area contributed by atoms with Crippen LogP contribution in [0.15, 0.2) is 53.5 Å². The molecule has 2 amide bonds. The Labute approximate surface area is 206 Å². The summed E-state index contributed by atoms with van der Waals surface area (Å²) in [6, 6.07) is 10.1. The first kappa shape index (κ1) is 25.8. The topological polar surface area (TPSA) is 101 Å². The third-order valence-corrected chi connectivity index (χ3v) is 5.49. The highest BCUT2D eigenvalue weighted by molar-refractivity contribution is 6.31. The number of nitrogens with one attached hydrogen (secondary N) is 1. The molecule has 2 aromatic carbocycles. The second kappa shape index (κ2) is 11.1. The highest BCUT2D eigenvalue weighted by Gasteiger charge is 2.26. The van der Waals surface area contributed by atoms with E-state index in [0.717, 1.165) is 4.90 Å². The van der Waals surface area contributed by atoms with Gasteiger partial charge in [-0.05, 0) is 49.2 Å². The number of aryl methyl sites for hydroxylation is 2.